The van der Waals surface area contributed by atoms with Crippen molar-refractivity contribution < 1.29 is 102 Å². The molecule has 0 aliphatic carbocycles. The lowest BCUT2D eigenvalue weighted by molar-refractivity contribution is -0.923. The lowest BCUT2D eigenvalue weighted by atomic mass is 9.85. The van der Waals surface area contributed by atoms with E-state index in [1.807, 2.05) is 6.07 Å². The molecule has 0 amide bonds. The standard InChI is InChI=1S/C40H48N2O6.2HI.3H2O/c1-41(2)17-15-27-22-34(44-6)36-24-30(27)31(41)19-25-9-12-29(13-10-25)47-40-38-28(23-37(45-7)39(40)46-8)16-18-42(3,4)32(38)20-26-11-14-33(43-5)35(21-26)48-36;;;;;/h9-14,21-24,31-32H,15-20H2,1-8H3;2*1H;3*1H2/q+2;;;;;/p-2/t31-,32-;;;;;/m1...../s1. The molecular formula is C40H54I2N2O9. The van der Waals surface area contributed by atoms with E-state index in [4.69, 9.17) is 28.4 Å². The van der Waals surface area contributed by atoms with E-state index in [1.165, 1.54) is 22.3 Å². The molecule has 0 aromatic heterocycles. The molecule has 4 aliphatic rings. The molecule has 292 valence electrons. The SMILES string of the molecule is COc1ccc2cc1Oc1cc3c(cc1OC)CC[N+](C)(C)[C@@H]3Cc1ccc(cc1)Oc1c(OC)c(OC)cc3c1[C@@H](C2)[N+](C)(C)CC3.O.O.O.[I-].[I-]. The quantitative estimate of drug-likeness (QED) is 0.189. The topological polar surface area (TPSA) is 150 Å². The second kappa shape index (κ2) is 18.0. The molecule has 6 N–H and O–H groups in total. The Bertz CT molecular complexity index is 1870. The number of quaternary nitrogens is 2. The average molecular weight is 961 g/mol. The van der Waals surface area contributed by atoms with E-state index in [0.717, 1.165) is 76.1 Å². The number of rotatable bonds is 4. The summed E-state index contributed by atoms with van der Waals surface area (Å²) in [5, 5.41) is 0. The van der Waals surface area contributed by atoms with E-state index in [0.29, 0.717) is 28.7 Å². The molecule has 0 fully saturated rings. The van der Waals surface area contributed by atoms with Gasteiger partial charge in [-0.25, -0.2) is 0 Å². The average Bonchev–Trinajstić information content (AvgIpc) is 3.07. The molecule has 0 saturated heterocycles. The predicted molar refractivity (Wildman–Crippen MR) is 197 cm³/mol. The molecule has 4 aliphatic heterocycles. The number of nitrogens with zero attached hydrogens (tertiary/aromatic N) is 2. The normalized spacial score (nSPS) is 18.3. The van der Waals surface area contributed by atoms with Crippen LogP contribution in [0.4, 0.5) is 0 Å². The van der Waals surface area contributed by atoms with E-state index in [-0.39, 0.29) is 76.5 Å². The molecule has 0 spiro atoms. The fourth-order valence-corrected chi connectivity index (χ4v) is 7.95. The highest BCUT2D eigenvalue weighted by Gasteiger charge is 2.41. The minimum atomic E-state index is 0. The van der Waals surface area contributed by atoms with Gasteiger partial charge in [-0.1, -0.05) is 18.2 Å². The lowest BCUT2D eigenvalue weighted by Gasteiger charge is -2.43. The number of likely N-dealkylation sites (N-methyl/N-ethyl adjacent to an activating group) is 2. The molecule has 53 heavy (non-hydrogen) atoms. The Hall–Kier alpha value is -3.06. The van der Waals surface area contributed by atoms with E-state index < -0.39 is 0 Å². The minimum absolute atomic E-state index is 0. The minimum Gasteiger partial charge on any atom is -1.00 e. The molecule has 0 radical (unpaired) electrons. The van der Waals surface area contributed by atoms with Crippen LogP contribution in [-0.2, 0) is 25.7 Å². The molecule has 8 rings (SSSR count). The third-order valence-electron chi connectivity index (χ3n) is 10.9. The third-order valence-corrected chi connectivity index (χ3v) is 10.9. The Morgan fingerprint density at radius 2 is 1.11 bits per heavy atom. The highest BCUT2D eigenvalue weighted by molar-refractivity contribution is 5.62. The molecule has 0 unspecified atom stereocenters. The van der Waals surface area contributed by atoms with Crippen molar-refractivity contribution >= 4 is 0 Å². The van der Waals surface area contributed by atoms with Crippen LogP contribution in [0.2, 0.25) is 0 Å². The van der Waals surface area contributed by atoms with Crippen LogP contribution in [0, 0.1) is 0 Å². The summed E-state index contributed by atoms with van der Waals surface area (Å²) in [4.78, 5) is 0. The largest absolute Gasteiger partial charge is 1.00 e. The number of methoxy groups -OCH3 is 4. The van der Waals surface area contributed by atoms with Crippen LogP contribution in [0.5, 0.6) is 46.0 Å². The maximum absolute atomic E-state index is 6.86. The van der Waals surface area contributed by atoms with Gasteiger partial charge in [0.2, 0.25) is 5.75 Å². The zero-order valence-corrected chi connectivity index (χ0v) is 36.1. The first-order valence-electron chi connectivity index (χ1n) is 16.8. The van der Waals surface area contributed by atoms with Crippen LogP contribution in [0.3, 0.4) is 0 Å². The van der Waals surface area contributed by atoms with Crippen molar-refractivity contribution in [1.29, 1.82) is 0 Å². The predicted octanol–water partition coefficient (Wildman–Crippen LogP) is -1.01. The lowest BCUT2D eigenvalue weighted by Crippen LogP contribution is -3.00. The Kier molecular flexibility index (Phi) is 15.7. The number of hydrogen-bond donors (Lipinski definition) is 0. The first-order chi connectivity index (χ1) is 23.0. The molecule has 4 aromatic rings. The van der Waals surface area contributed by atoms with E-state index >= 15 is 0 Å². The molecule has 0 saturated carbocycles. The summed E-state index contributed by atoms with van der Waals surface area (Å²) in [5.41, 5.74) is 7.34. The Morgan fingerprint density at radius 3 is 1.74 bits per heavy atom. The zero-order valence-electron chi connectivity index (χ0n) is 31.8. The van der Waals surface area contributed by atoms with Crippen molar-refractivity contribution in [3.8, 4) is 46.0 Å². The number of halogens is 2. The monoisotopic (exact) mass is 960 g/mol. The van der Waals surface area contributed by atoms with Gasteiger partial charge in [0.1, 0.15) is 17.8 Å². The van der Waals surface area contributed by atoms with Crippen LogP contribution in [0.25, 0.3) is 0 Å². The number of benzene rings is 4. The first kappa shape index (κ1) is 46.1. The molecular weight excluding hydrogens is 906 g/mol. The van der Waals surface area contributed by atoms with Crippen molar-refractivity contribution in [2.75, 3.05) is 69.7 Å². The van der Waals surface area contributed by atoms with Gasteiger partial charge in [-0.05, 0) is 64.7 Å². The number of fused-ring (bicyclic) bond motifs is 2. The van der Waals surface area contributed by atoms with Gasteiger partial charge in [-0.2, -0.15) is 0 Å². The van der Waals surface area contributed by atoms with Crippen molar-refractivity contribution in [1.82, 2.24) is 0 Å². The van der Waals surface area contributed by atoms with E-state index in [2.05, 4.69) is 82.8 Å². The second-order valence-electron chi connectivity index (χ2n) is 14.5. The van der Waals surface area contributed by atoms with Gasteiger partial charge >= 0.3 is 0 Å². The number of hydrogen-bond acceptors (Lipinski definition) is 6. The van der Waals surface area contributed by atoms with Gasteiger partial charge in [0.25, 0.3) is 0 Å². The van der Waals surface area contributed by atoms with Crippen molar-refractivity contribution in [3.05, 3.63) is 94.0 Å². The smallest absolute Gasteiger partial charge is 0.204 e. The van der Waals surface area contributed by atoms with Crippen molar-refractivity contribution in [2.24, 2.45) is 0 Å². The summed E-state index contributed by atoms with van der Waals surface area (Å²) in [6.45, 7) is 2.01. The summed E-state index contributed by atoms with van der Waals surface area (Å²) >= 11 is 0. The molecule has 13 heteroatoms. The van der Waals surface area contributed by atoms with Gasteiger partial charge in [0, 0.05) is 31.2 Å². The van der Waals surface area contributed by atoms with Crippen LogP contribution >= 0.6 is 0 Å². The molecule has 2 atom stereocenters. The van der Waals surface area contributed by atoms with Gasteiger partial charge < -0.3 is 102 Å². The summed E-state index contributed by atoms with van der Waals surface area (Å²) in [6, 6.07) is 21.6. The second-order valence-corrected chi connectivity index (χ2v) is 14.5. The zero-order chi connectivity index (χ0) is 33.8. The van der Waals surface area contributed by atoms with Gasteiger partial charge in [0.15, 0.2) is 34.5 Å². The van der Waals surface area contributed by atoms with Crippen molar-refractivity contribution in [3.63, 3.8) is 0 Å². The van der Waals surface area contributed by atoms with Gasteiger partial charge in [-0.3, -0.25) is 0 Å². The Balaban J connectivity index is 0.00000194. The third kappa shape index (κ3) is 8.61. The van der Waals surface area contributed by atoms with Crippen molar-refractivity contribution in [2.45, 2.75) is 37.8 Å². The fraction of sp³-hybridized carbons (Fsp3) is 0.400. The van der Waals surface area contributed by atoms with Gasteiger partial charge in [0.05, 0.1) is 75.3 Å². The highest BCUT2D eigenvalue weighted by atomic mass is 127. The fourth-order valence-electron chi connectivity index (χ4n) is 7.95. The number of ether oxygens (including phenoxy) is 6. The molecule has 11 nitrogen and oxygen atoms in total. The van der Waals surface area contributed by atoms with Gasteiger partial charge in [-0.15, -0.1) is 0 Å². The van der Waals surface area contributed by atoms with Crippen LogP contribution in [0.15, 0.2) is 60.7 Å². The van der Waals surface area contributed by atoms with Crippen LogP contribution in [-0.4, -0.2) is 95.1 Å². The Morgan fingerprint density at radius 1 is 0.566 bits per heavy atom. The highest BCUT2D eigenvalue weighted by Crippen LogP contribution is 2.52. The van der Waals surface area contributed by atoms with Crippen LogP contribution < -0.4 is 76.4 Å². The maximum atomic E-state index is 6.86. The van der Waals surface area contributed by atoms with E-state index in [1.54, 1.807) is 28.4 Å². The molecule has 4 heterocycles. The first-order valence-corrected chi connectivity index (χ1v) is 16.8. The van der Waals surface area contributed by atoms with E-state index in [9.17, 15) is 0 Å². The Labute approximate surface area is 347 Å². The van der Waals surface area contributed by atoms with Crippen LogP contribution in [0.1, 0.15) is 45.5 Å². The molecule has 6 bridgehead atoms. The maximum Gasteiger partial charge on any atom is 0.204 e. The summed E-state index contributed by atoms with van der Waals surface area (Å²) in [5.74, 6) is 5.54. The summed E-state index contributed by atoms with van der Waals surface area (Å²) < 4.78 is 39.0. The summed E-state index contributed by atoms with van der Waals surface area (Å²) in [7, 11) is 16.0. The summed E-state index contributed by atoms with van der Waals surface area (Å²) in [6.07, 6.45) is 3.50. The molecule has 4 aromatic carbocycles.